The van der Waals surface area contributed by atoms with Crippen molar-refractivity contribution in [3.63, 3.8) is 0 Å². The third kappa shape index (κ3) is 6.92. The normalized spacial score (nSPS) is 15.8. The number of hydrogen-bond donors (Lipinski definition) is 2. The zero-order chi connectivity index (χ0) is 21.1. The number of nitrogens with one attached hydrogen (secondary N) is 2. The summed E-state index contributed by atoms with van der Waals surface area (Å²) in [6.07, 6.45) is 4.97. The fourth-order valence-electron chi connectivity index (χ4n) is 3.76. The van der Waals surface area contributed by atoms with Gasteiger partial charge in [-0.25, -0.2) is 0 Å². The Morgan fingerprint density at radius 1 is 1.17 bits per heavy atom. The minimum atomic E-state index is -0.303. The molecule has 162 valence electrons. The molecule has 7 heteroatoms. The average Bonchev–Trinajstić information content (AvgIpc) is 3.22. The maximum absolute atomic E-state index is 12.7. The Hall–Kier alpha value is -2.28. The highest BCUT2D eigenvalue weighted by molar-refractivity contribution is 5.85. The van der Waals surface area contributed by atoms with E-state index in [2.05, 4.69) is 15.6 Å². The Bertz CT molecular complexity index is 653. The quantitative estimate of drug-likeness (QED) is 0.356. The van der Waals surface area contributed by atoms with Crippen LogP contribution in [0.2, 0.25) is 0 Å². The Morgan fingerprint density at radius 3 is 2.45 bits per heavy atom. The minimum Gasteiger partial charge on any atom is -0.497 e. The number of nitrogens with zero attached hydrogens (tertiary/aromatic N) is 2. The molecule has 0 spiro atoms. The van der Waals surface area contributed by atoms with Gasteiger partial charge in [-0.1, -0.05) is 25.0 Å². The van der Waals surface area contributed by atoms with E-state index in [1.54, 1.807) is 19.1 Å². The minimum absolute atomic E-state index is 0.213. The van der Waals surface area contributed by atoms with Crippen LogP contribution in [0.1, 0.15) is 37.7 Å². The smallest absolute Gasteiger partial charge is 0.230 e. The molecule has 0 unspecified atom stereocenters. The van der Waals surface area contributed by atoms with Gasteiger partial charge in [0.15, 0.2) is 5.96 Å². The molecule has 0 heterocycles. The number of ether oxygens (including phenoxy) is 2. The topological polar surface area (TPSA) is 75.2 Å². The van der Waals surface area contributed by atoms with Gasteiger partial charge in [0.05, 0.1) is 19.1 Å². The number of amides is 1. The largest absolute Gasteiger partial charge is 0.497 e. The van der Waals surface area contributed by atoms with Crippen LogP contribution in [0.3, 0.4) is 0 Å². The van der Waals surface area contributed by atoms with Gasteiger partial charge in [-0.3, -0.25) is 9.79 Å². The van der Waals surface area contributed by atoms with Crippen LogP contribution in [-0.4, -0.2) is 64.7 Å². The van der Waals surface area contributed by atoms with Crippen molar-refractivity contribution < 1.29 is 14.3 Å². The highest BCUT2D eigenvalue weighted by Gasteiger charge is 2.42. The molecule has 0 aliphatic heterocycles. The predicted octanol–water partition coefficient (Wildman–Crippen LogP) is 2.42. The lowest BCUT2D eigenvalue weighted by Crippen LogP contribution is -2.49. The van der Waals surface area contributed by atoms with Gasteiger partial charge in [0.25, 0.3) is 0 Å². The molecule has 1 fully saturated rings. The van der Waals surface area contributed by atoms with Crippen molar-refractivity contribution in [1.29, 1.82) is 0 Å². The number of methoxy groups -OCH3 is 1. The van der Waals surface area contributed by atoms with Gasteiger partial charge in [-0.15, -0.1) is 0 Å². The molecule has 2 N–H and O–H groups in total. The van der Waals surface area contributed by atoms with Crippen molar-refractivity contribution in [3.8, 4) is 5.75 Å². The molecule has 0 saturated heterocycles. The van der Waals surface area contributed by atoms with E-state index in [4.69, 9.17) is 9.47 Å². The monoisotopic (exact) mass is 404 g/mol. The van der Waals surface area contributed by atoms with E-state index < -0.39 is 0 Å². The van der Waals surface area contributed by atoms with Gasteiger partial charge in [-0.2, -0.15) is 0 Å². The molecular weight excluding hydrogens is 368 g/mol. The van der Waals surface area contributed by atoms with Crippen LogP contribution in [0.5, 0.6) is 5.75 Å². The van der Waals surface area contributed by atoms with Crippen LogP contribution >= 0.6 is 0 Å². The van der Waals surface area contributed by atoms with Gasteiger partial charge in [0, 0.05) is 40.8 Å². The Labute approximate surface area is 174 Å². The first-order chi connectivity index (χ1) is 14.0. The summed E-state index contributed by atoms with van der Waals surface area (Å²) in [6.45, 7) is 2.64. The van der Waals surface area contributed by atoms with Crippen LogP contribution in [0.15, 0.2) is 29.3 Å². The van der Waals surface area contributed by atoms with E-state index in [0.29, 0.717) is 19.8 Å². The van der Waals surface area contributed by atoms with Gasteiger partial charge in [0.2, 0.25) is 5.91 Å². The molecule has 1 aromatic carbocycles. The van der Waals surface area contributed by atoms with Crippen LogP contribution in [0.4, 0.5) is 0 Å². The highest BCUT2D eigenvalue weighted by atomic mass is 16.5. The summed E-state index contributed by atoms with van der Waals surface area (Å²) in [4.78, 5) is 18.6. The third-order valence-corrected chi connectivity index (χ3v) is 5.42. The number of carbonyl (C=O) groups excluding carboxylic acids is 1. The molecule has 0 bridgehead atoms. The molecule has 1 saturated carbocycles. The highest BCUT2D eigenvalue weighted by Crippen LogP contribution is 2.38. The SMILES string of the molecule is CN=C(NCCCOCc1ccc(OC)cc1)NCC1(C(=O)N(C)C)CCCC1. The lowest BCUT2D eigenvalue weighted by molar-refractivity contribution is -0.138. The number of hydrogen-bond acceptors (Lipinski definition) is 4. The van der Waals surface area contributed by atoms with Crippen molar-refractivity contribution in [2.45, 2.75) is 38.7 Å². The lowest BCUT2D eigenvalue weighted by Gasteiger charge is -2.31. The first kappa shape index (κ1) is 23.0. The molecule has 1 aromatic rings. The second-order valence-electron chi connectivity index (χ2n) is 7.79. The number of guanidine groups is 1. The van der Waals surface area contributed by atoms with Crippen LogP contribution in [0.25, 0.3) is 0 Å². The fourth-order valence-corrected chi connectivity index (χ4v) is 3.76. The third-order valence-electron chi connectivity index (χ3n) is 5.42. The zero-order valence-electron chi connectivity index (χ0n) is 18.3. The van der Waals surface area contributed by atoms with E-state index in [1.165, 1.54) is 0 Å². The summed E-state index contributed by atoms with van der Waals surface area (Å²) < 4.78 is 10.9. The molecule has 1 aliphatic carbocycles. The van der Waals surface area contributed by atoms with Gasteiger partial charge < -0.3 is 25.0 Å². The van der Waals surface area contributed by atoms with Gasteiger partial charge in [-0.05, 0) is 37.0 Å². The molecule has 0 radical (unpaired) electrons. The van der Waals surface area contributed by atoms with E-state index in [1.807, 2.05) is 38.4 Å². The summed E-state index contributed by atoms with van der Waals surface area (Å²) in [6, 6.07) is 7.90. The molecule has 2 rings (SSSR count). The predicted molar refractivity (Wildman–Crippen MR) is 116 cm³/mol. The van der Waals surface area contributed by atoms with Crippen LogP contribution in [-0.2, 0) is 16.1 Å². The first-order valence-corrected chi connectivity index (χ1v) is 10.4. The average molecular weight is 405 g/mol. The van der Waals surface area contributed by atoms with E-state index >= 15 is 0 Å². The molecule has 0 aromatic heterocycles. The van der Waals surface area contributed by atoms with Crippen LogP contribution < -0.4 is 15.4 Å². The summed E-state index contributed by atoms with van der Waals surface area (Å²) in [5.74, 6) is 1.80. The number of benzene rings is 1. The first-order valence-electron chi connectivity index (χ1n) is 10.4. The standard InChI is InChI=1S/C22H36N4O3/c1-23-21(25-17-22(12-5-6-13-22)20(27)26(2)3)24-14-7-15-29-16-18-8-10-19(28-4)11-9-18/h8-11H,5-7,12-17H2,1-4H3,(H2,23,24,25). The summed E-state index contributed by atoms with van der Waals surface area (Å²) in [7, 11) is 7.09. The fraction of sp³-hybridized carbons (Fsp3) is 0.636. The second-order valence-corrected chi connectivity index (χ2v) is 7.79. The van der Waals surface area contributed by atoms with Gasteiger partial charge >= 0.3 is 0 Å². The number of rotatable bonds is 10. The van der Waals surface area contributed by atoms with Crippen molar-refractivity contribution in [1.82, 2.24) is 15.5 Å². The Morgan fingerprint density at radius 2 is 1.86 bits per heavy atom. The second kappa shape index (κ2) is 11.7. The van der Waals surface area contributed by atoms with Crippen molar-refractivity contribution in [2.75, 3.05) is 47.9 Å². The number of carbonyl (C=O) groups is 1. The van der Waals surface area contributed by atoms with E-state index in [9.17, 15) is 4.79 Å². The van der Waals surface area contributed by atoms with Crippen LogP contribution in [0, 0.1) is 5.41 Å². The maximum Gasteiger partial charge on any atom is 0.230 e. The van der Waals surface area contributed by atoms with Crippen molar-refractivity contribution in [2.24, 2.45) is 10.4 Å². The maximum atomic E-state index is 12.7. The zero-order valence-corrected chi connectivity index (χ0v) is 18.3. The molecule has 1 amide bonds. The molecule has 1 aliphatic rings. The Kier molecular flexibility index (Phi) is 9.25. The summed E-state index contributed by atoms with van der Waals surface area (Å²) in [5, 5.41) is 6.66. The molecular formula is C22H36N4O3. The molecule has 29 heavy (non-hydrogen) atoms. The molecule has 7 nitrogen and oxygen atoms in total. The summed E-state index contributed by atoms with van der Waals surface area (Å²) >= 11 is 0. The van der Waals surface area contributed by atoms with E-state index in [0.717, 1.165) is 55.9 Å². The van der Waals surface area contributed by atoms with Crippen molar-refractivity contribution in [3.05, 3.63) is 29.8 Å². The summed E-state index contributed by atoms with van der Waals surface area (Å²) in [5.41, 5.74) is 0.825. The van der Waals surface area contributed by atoms with Crippen molar-refractivity contribution >= 4 is 11.9 Å². The van der Waals surface area contributed by atoms with E-state index in [-0.39, 0.29) is 11.3 Å². The Balaban J connectivity index is 1.66. The lowest BCUT2D eigenvalue weighted by atomic mass is 9.84. The van der Waals surface area contributed by atoms with Gasteiger partial charge in [0.1, 0.15) is 5.75 Å². The molecule has 0 atom stereocenters. The number of aliphatic imine (C=N–C) groups is 1.